The fourth-order valence-electron chi connectivity index (χ4n) is 2.46. The smallest absolute Gasteiger partial charge is 0.294 e. The van der Waals surface area contributed by atoms with Gasteiger partial charge in [-0.2, -0.15) is 13.2 Å². The number of ketones is 1. The van der Waals surface area contributed by atoms with Gasteiger partial charge in [0.25, 0.3) is 5.92 Å². The minimum atomic E-state index is -4.67. The molecular weight excluding hydrogens is 291 g/mol. The molecule has 0 heterocycles. The average Bonchev–Trinajstić information content (AvgIpc) is 2.36. The molecule has 0 N–H and O–H groups in total. The van der Waals surface area contributed by atoms with Crippen LogP contribution in [0.3, 0.4) is 0 Å². The van der Waals surface area contributed by atoms with E-state index in [1.54, 1.807) is 0 Å². The van der Waals surface area contributed by atoms with Crippen molar-refractivity contribution in [2.24, 2.45) is 0 Å². The highest BCUT2D eigenvalue weighted by molar-refractivity contribution is 6.04. The Morgan fingerprint density at radius 2 is 1.67 bits per heavy atom. The Hall–Kier alpha value is -1.72. The lowest BCUT2D eigenvalue weighted by molar-refractivity contribution is -0.115. The molecule has 21 heavy (non-hydrogen) atoms. The Balaban J connectivity index is 2.63. The van der Waals surface area contributed by atoms with Gasteiger partial charge in [-0.25, -0.2) is 8.78 Å². The van der Waals surface area contributed by atoms with Gasteiger partial charge in [-0.3, -0.25) is 4.79 Å². The van der Waals surface area contributed by atoms with Gasteiger partial charge in [0.2, 0.25) is 0 Å². The maximum atomic E-state index is 13.6. The van der Waals surface area contributed by atoms with E-state index in [1.165, 1.54) is 12.2 Å². The zero-order valence-corrected chi connectivity index (χ0v) is 11.2. The summed E-state index contributed by atoms with van der Waals surface area (Å²) in [6.07, 6.45) is 0.0944. The SMILES string of the molecule is CC(F)(F)C1=C(C2=CCCC=C2C(F)(F)F)C(=O)CC=C1. The minimum absolute atomic E-state index is 0.169. The van der Waals surface area contributed by atoms with Gasteiger partial charge < -0.3 is 0 Å². The van der Waals surface area contributed by atoms with Crippen LogP contribution in [0, 0.1) is 0 Å². The number of hydrogen-bond acceptors (Lipinski definition) is 1. The molecule has 0 aliphatic heterocycles. The van der Waals surface area contributed by atoms with E-state index in [1.807, 2.05) is 0 Å². The lowest BCUT2D eigenvalue weighted by Gasteiger charge is -2.26. The minimum Gasteiger partial charge on any atom is -0.294 e. The first-order chi connectivity index (χ1) is 9.62. The molecule has 0 saturated heterocycles. The van der Waals surface area contributed by atoms with Crippen molar-refractivity contribution < 1.29 is 26.7 Å². The maximum absolute atomic E-state index is 13.6. The van der Waals surface area contributed by atoms with Crippen LogP contribution in [0.15, 0.2) is 46.6 Å². The summed E-state index contributed by atoms with van der Waals surface area (Å²) in [6, 6.07) is 0. The Bertz CT molecular complexity index is 582. The number of carbonyl (C=O) groups excluding carboxylic acids is 1. The van der Waals surface area contributed by atoms with Crippen molar-refractivity contribution in [3.05, 3.63) is 46.6 Å². The van der Waals surface area contributed by atoms with Crippen LogP contribution in [0.1, 0.15) is 26.2 Å². The first kappa shape index (κ1) is 15.7. The summed E-state index contributed by atoms with van der Waals surface area (Å²) in [5.41, 5.74) is -2.58. The molecule has 0 bridgehead atoms. The van der Waals surface area contributed by atoms with E-state index in [0.717, 1.165) is 12.2 Å². The van der Waals surface area contributed by atoms with Crippen molar-refractivity contribution in [3.8, 4) is 0 Å². The van der Waals surface area contributed by atoms with Crippen LogP contribution in [0.25, 0.3) is 0 Å². The number of carbonyl (C=O) groups is 1. The third-order valence-electron chi connectivity index (χ3n) is 3.34. The maximum Gasteiger partial charge on any atom is 0.416 e. The molecule has 0 aromatic rings. The van der Waals surface area contributed by atoms with E-state index in [4.69, 9.17) is 0 Å². The molecule has 0 aromatic carbocycles. The van der Waals surface area contributed by atoms with Gasteiger partial charge in [-0.05, 0) is 18.4 Å². The second-order valence-electron chi connectivity index (χ2n) is 5.02. The first-order valence-corrected chi connectivity index (χ1v) is 6.43. The second-order valence-corrected chi connectivity index (χ2v) is 5.02. The van der Waals surface area contributed by atoms with Crippen LogP contribution in [-0.4, -0.2) is 17.9 Å². The Morgan fingerprint density at radius 1 is 1.05 bits per heavy atom. The van der Waals surface area contributed by atoms with Crippen molar-refractivity contribution in [3.63, 3.8) is 0 Å². The summed E-state index contributed by atoms with van der Waals surface area (Å²) < 4.78 is 66.4. The molecule has 0 saturated carbocycles. The molecule has 0 aromatic heterocycles. The van der Waals surface area contributed by atoms with Crippen LogP contribution < -0.4 is 0 Å². The lowest BCUT2D eigenvalue weighted by Crippen LogP contribution is -2.25. The van der Waals surface area contributed by atoms with E-state index in [0.29, 0.717) is 6.92 Å². The molecule has 0 spiro atoms. The molecule has 0 unspecified atom stereocenters. The van der Waals surface area contributed by atoms with Crippen LogP contribution in [0.4, 0.5) is 22.0 Å². The monoisotopic (exact) mass is 304 g/mol. The topological polar surface area (TPSA) is 17.1 Å². The van der Waals surface area contributed by atoms with Gasteiger partial charge in [0.15, 0.2) is 5.78 Å². The molecule has 0 atom stereocenters. The lowest BCUT2D eigenvalue weighted by atomic mass is 9.82. The Morgan fingerprint density at radius 3 is 2.24 bits per heavy atom. The second kappa shape index (κ2) is 5.24. The van der Waals surface area contributed by atoms with Gasteiger partial charge in [0.05, 0.1) is 5.57 Å². The summed E-state index contributed by atoms with van der Waals surface area (Å²) >= 11 is 0. The predicted octanol–water partition coefficient (Wildman–Crippen LogP) is 4.68. The standard InChI is InChI=1S/C15H13F5O/c1-14(16,17)11-7-4-8-12(21)13(11)9-5-2-3-6-10(9)15(18,19)20/h4-7H,2-3,8H2,1H3. The summed E-state index contributed by atoms with van der Waals surface area (Å²) in [6.45, 7) is 0.575. The summed E-state index contributed by atoms with van der Waals surface area (Å²) in [4.78, 5) is 11.9. The fourth-order valence-corrected chi connectivity index (χ4v) is 2.46. The number of halogens is 5. The van der Waals surface area contributed by atoms with Crippen LogP contribution >= 0.6 is 0 Å². The van der Waals surface area contributed by atoms with Crippen molar-refractivity contribution in [1.82, 2.24) is 0 Å². The van der Waals surface area contributed by atoms with Gasteiger partial charge in [-0.1, -0.05) is 24.3 Å². The molecule has 2 rings (SSSR count). The van der Waals surface area contributed by atoms with E-state index >= 15 is 0 Å². The van der Waals surface area contributed by atoms with Crippen molar-refractivity contribution in [2.45, 2.75) is 38.3 Å². The predicted molar refractivity (Wildman–Crippen MR) is 67.9 cm³/mol. The van der Waals surface area contributed by atoms with E-state index in [2.05, 4.69) is 0 Å². The molecule has 2 aliphatic carbocycles. The highest BCUT2D eigenvalue weighted by Gasteiger charge is 2.42. The number of hydrogen-bond donors (Lipinski definition) is 0. The number of rotatable bonds is 2. The number of alkyl halides is 5. The van der Waals surface area contributed by atoms with Crippen molar-refractivity contribution >= 4 is 5.78 Å². The van der Waals surface area contributed by atoms with Gasteiger partial charge >= 0.3 is 6.18 Å². The quantitative estimate of drug-likeness (QED) is 0.677. The largest absolute Gasteiger partial charge is 0.416 e. The third-order valence-corrected chi connectivity index (χ3v) is 3.34. The van der Waals surface area contributed by atoms with Crippen LogP contribution in [0.2, 0.25) is 0 Å². The molecule has 114 valence electrons. The van der Waals surface area contributed by atoms with Gasteiger partial charge in [-0.15, -0.1) is 0 Å². The average molecular weight is 304 g/mol. The molecule has 0 fully saturated rings. The highest BCUT2D eigenvalue weighted by Crippen LogP contribution is 2.42. The van der Waals surface area contributed by atoms with Crippen LogP contribution in [0.5, 0.6) is 0 Å². The van der Waals surface area contributed by atoms with E-state index in [-0.39, 0.29) is 19.3 Å². The number of allylic oxidation sites excluding steroid dienone is 8. The Kier molecular flexibility index (Phi) is 3.91. The first-order valence-electron chi connectivity index (χ1n) is 6.43. The fraction of sp³-hybridized carbons (Fsp3) is 0.400. The summed E-state index contributed by atoms with van der Waals surface area (Å²) in [5.74, 6) is -4.09. The van der Waals surface area contributed by atoms with Gasteiger partial charge in [0.1, 0.15) is 0 Å². The highest BCUT2D eigenvalue weighted by atomic mass is 19.4. The van der Waals surface area contributed by atoms with E-state index < -0.39 is 40.2 Å². The third kappa shape index (κ3) is 3.14. The molecule has 6 heteroatoms. The van der Waals surface area contributed by atoms with Crippen LogP contribution in [-0.2, 0) is 4.79 Å². The molecule has 0 radical (unpaired) electrons. The number of Topliss-reactive ketones (excluding diaryl/α,β-unsaturated/α-hetero) is 1. The van der Waals surface area contributed by atoms with Crippen molar-refractivity contribution in [1.29, 1.82) is 0 Å². The molecule has 0 amide bonds. The van der Waals surface area contributed by atoms with Gasteiger partial charge in [0, 0.05) is 24.5 Å². The van der Waals surface area contributed by atoms with E-state index in [9.17, 15) is 26.7 Å². The molecule has 2 aliphatic rings. The summed E-state index contributed by atoms with van der Waals surface area (Å²) in [5, 5.41) is 0. The van der Waals surface area contributed by atoms with Crippen molar-refractivity contribution in [2.75, 3.05) is 0 Å². The molecular formula is C15H13F5O. The molecule has 1 nitrogen and oxygen atoms in total. The zero-order chi connectivity index (χ0) is 15.8. The normalized spacial score (nSPS) is 20.6. The Labute approximate surface area is 118 Å². The summed E-state index contributed by atoms with van der Waals surface area (Å²) in [7, 11) is 0. The zero-order valence-electron chi connectivity index (χ0n) is 11.2.